The average Bonchev–Trinajstić information content (AvgIpc) is 2.48. The fraction of sp³-hybridized carbons (Fsp3) is 0.733. The van der Waals surface area contributed by atoms with E-state index in [1.165, 1.54) is 6.42 Å². The molecule has 1 aromatic heterocycles. The zero-order valence-electron chi connectivity index (χ0n) is 13.2. The van der Waals surface area contributed by atoms with Gasteiger partial charge in [0.25, 0.3) is 0 Å². The minimum absolute atomic E-state index is 0.630. The summed E-state index contributed by atoms with van der Waals surface area (Å²) in [5, 5.41) is 0. The third-order valence-corrected chi connectivity index (χ3v) is 3.69. The summed E-state index contributed by atoms with van der Waals surface area (Å²) in [5.41, 5.74) is 6.49. The van der Waals surface area contributed by atoms with E-state index in [9.17, 15) is 0 Å². The molecule has 1 fully saturated rings. The summed E-state index contributed by atoms with van der Waals surface area (Å²) in [6.07, 6.45) is 2.30. The second kappa shape index (κ2) is 8.14. The smallest absolute Gasteiger partial charge is 0.228 e. The fourth-order valence-electron chi connectivity index (χ4n) is 2.54. The lowest BCUT2D eigenvalue weighted by Crippen LogP contribution is -2.47. The van der Waals surface area contributed by atoms with Crippen LogP contribution in [0.4, 0.5) is 5.95 Å². The van der Waals surface area contributed by atoms with Crippen molar-refractivity contribution in [3.05, 3.63) is 11.8 Å². The van der Waals surface area contributed by atoms with Crippen LogP contribution in [0.15, 0.2) is 6.07 Å². The van der Waals surface area contributed by atoms with Crippen LogP contribution in [0.2, 0.25) is 0 Å². The molecule has 6 nitrogen and oxygen atoms in total. The van der Waals surface area contributed by atoms with Crippen LogP contribution in [0.25, 0.3) is 0 Å². The van der Waals surface area contributed by atoms with Gasteiger partial charge >= 0.3 is 0 Å². The zero-order valence-corrected chi connectivity index (χ0v) is 13.2. The van der Waals surface area contributed by atoms with Gasteiger partial charge in [-0.1, -0.05) is 0 Å². The van der Waals surface area contributed by atoms with Crippen molar-refractivity contribution in [3.8, 4) is 5.88 Å². The standard InChI is InChI=1S/C15H27N5O/c1-3-21-14-12-13(2)17-15(18-14)20-10-8-19(9-11-20)7-5-4-6-16/h12H,3-11,16H2,1-2H3. The minimum Gasteiger partial charge on any atom is -0.478 e. The van der Waals surface area contributed by atoms with Crippen molar-refractivity contribution in [1.29, 1.82) is 0 Å². The highest BCUT2D eigenvalue weighted by Gasteiger charge is 2.19. The van der Waals surface area contributed by atoms with Crippen LogP contribution in [-0.2, 0) is 0 Å². The maximum absolute atomic E-state index is 5.54. The third-order valence-electron chi connectivity index (χ3n) is 3.69. The Morgan fingerprint density at radius 3 is 2.62 bits per heavy atom. The van der Waals surface area contributed by atoms with Crippen LogP contribution in [0, 0.1) is 6.92 Å². The van der Waals surface area contributed by atoms with Crippen LogP contribution >= 0.6 is 0 Å². The molecule has 0 aliphatic carbocycles. The van der Waals surface area contributed by atoms with Crippen molar-refractivity contribution in [2.24, 2.45) is 5.73 Å². The number of ether oxygens (including phenoxy) is 1. The van der Waals surface area contributed by atoms with Crippen molar-refractivity contribution in [2.45, 2.75) is 26.7 Å². The van der Waals surface area contributed by atoms with Crippen molar-refractivity contribution in [1.82, 2.24) is 14.9 Å². The van der Waals surface area contributed by atoms with Gasteiger partial charge in [0.05, 0.1) is 6.61 Å². The van der Waals surface area contributed by atoms with E-state index < -0.39 is 0 Å². The number of aryl methyl sites for hydroxylation is 1. The van der Waals surface area contributed by atoms with Crippen molar-refractivity contribution in [2.75, 3.05) is 50.8 Å². The summed E-state index contributed by atoms with van der Waals surface area (Å²) >= 11 is 0. The second-order valence-electron chi connectivity index (χ2n) is 5.41. The largest absolute Gasteiger partial charge is 0.478 e. The first-order valence-corrected chi connectivity index (χ1v) is 7.88. The van der Waals surface area contributed by atoms with Crippen LogP contribution in [0.1, 0.15) is 25.5 Å². The lowest BCUT2D eigenvalue weighted by Gasteiger charge is -2.34. The van der Waals surface area contributed by atoms with Crippen molar-refractivity contribution < 1.29 is 4.74 Å². The number of rotatable bonds is 7. The zero-order chi connectivity index (χ0) is 15.1. The Morgan fingerprint density at radius 1 is 1.19 bits per heavy atom. The molecule has 6 heteroatoms. The molecular formula is C15H27N5O. The van der Waals surface area contributed by atoms with Crippen molar-refractivity contribution in [3.63, 3.8) is 0 Å². The van der Waals surface area contributed by atoms with E-state index in [1.54, 1.807) is 0 Å². The third kappa shape index (κ3) is 4.82. The molecule has 1 aliphatic rings. The van der Waals surface area contributed by atoms with Gasteiger partial charge in [-0.05, 0) is 39.8 Å². The molecule has 1 aromatic rings. The highest BCUT2D eigenvalue weighted by molar-refractivity contribution is 5.35. The monoisotopic (exact) mass is 293 g/mol. The highest BCUT2D eigenvalue weighted by atomic mass is 16.5. The summed E-state index contributed by atoms with van der Waals surface area (Å²) in [4.78, 5) is 13.8. The lowest BCUT2D eigenvalue weighted by atomic mass is 10.2. The number of anilines is 1. The molecule has 1 aliphatic heterocycles. The highest BCUT2D eigenvalue weighted by Crippen LogP contribution is 2.17. The number of hydrogen-bond donors (Lipinski definition) is 1. The van der Waals surface area contributed by atoms with Crippen LogP contribution in [0.5, 0.6) is 5.88 Å². The number of aromatic nitrogens is 2. The Morgan fingerprint density at radius 2 is 1.95 bits per heavy atom. The molecule has 0 atom stereocenters. The molecule has 0 saturated carbocycles. The van der Waals surface area contributed by atoms with Crippen molar-refractivity contribution >= 4 is 5.95 Å². The predicted octanol–water partition coefficient (Wildman–Crippen LogP) is 1.04. The maximum atomic E-state index is 5.54. The summed E-state index contributed by atoms with van der Waals surface area (Å²) < 4.78 is 5.50. The molecule has 0 bridgehead atoms. The molecule has 2 rings (SSSR count). The van der Waals surface area contributed by atoms with Crippen LogP contribution in [0.3, 0.4) is 0 Å². The maximum Gasteiger partial charge on any atom is 0.228 e. The topological polar surface area (TPSA) is 67.5 Å². The Hall–Kier alpha value is -1.40. The summed E-state index contributed by atoms with van der Waals surface area (Å²) in [7, 11) is 0. The molecule has 118 valence electrons. The molecule has 0 aromatic carbocycles. The predicted molar refractivity (Wildman–Crippen MR) is 84.9 cm³/mol. The molecule has 2 N–H and O–H groups in total. The first-order chi connectivity index (χ1) is 10.2. The lowest BCUT2D eigenvalue weighted by molar-refractivity contribution is 0.252. The number of piperazine rings is 1. The van der Waals surface area contributed by atoms with Crippen LogP contribution in [-0.4, -0.2) is 60.7 Å². The summed E-state index contributed by atoms with van der Waals surface area (Å²) in [5.74, 6) is 1.46. The Bertz CT molecular complexity index is 432. The molecule has 1 saturated heterocycles. The van der Waals surface area contributed by atoms with Gasteiger partial charge in [0.15, 0.2) is 0 Å². The van der Waals surface area contributed by atoms with Gasteiger partial charge < -0.3 is 15.4 Å². The molecule has 0 radical (unpaired) electrons. The minimum atomic E-state index is 0.630. The van der Waals surface area contributed by atoms with E-state index >= 15 is 0 Å². The normalized spacial score (nSPS) is 16.2. The number of nitrogens with two attached hydrogens (primary N) is 1. The van der Waals surface area contributed by atoms with Gasteiger partial charge in [-0.25, -0.2) is 4.98 Å². The Balaban J connectivity index is 1.89. The summed E-state index contributed by atoms with van der Waals surface area (Å²) in [6.45, 7) is 10.6. The molecule has 21 heavy (non-hydrogen) atoms. The Labute approximate surface area is 127 Å². The molecule has 2 heterocycles. The van der Waals surface area contributed by atoms with E-state index in [1.807, 2.05) is 19.9 Å². The summed E-state index contributed by atoms with van der Waals surface area (Å²) in [6, 6.07) is 1.88. The molecule has 0 amide bonds. The Kier molecular flexibility index (Phi) is 6.20. The van der Waals surface area contributed by atoms with E-state index in [-0.39, 0.29) is 0 Å². The first kappa shape index (κ1) is 16.0. The van der Waals surface area contributed by atoms with E-state index in [4.69, 9.17) is 10.5 Å². The van der Waals surface area contributed by atoms with Gasteiger partial charge in [-0.15, -0.1) is 0 Å². The number of nitrogens with zero attached hydrogens (tertiary/aromatic N) is 4. The van der Waals surface area contributed by atoms with E-state index in [0.717, 1.165) is 57.3 Å². The SMILES string of the molecule is CCOc1cc(C)nc(N2CCN(CCCCN)CC2)n1. The quantitative estimate of drug-likeness (QED) is 0.758. The fourth-order valence-corrected chi connectivity index (χ4v) is 2.54. The molecule has 0 unspecified atom stereocenters. The van der Waals surface area contributed by atoms with Gasteiger partial charge in [-0.2, -0.15) is 4.98 Å². The van der Waals surface area contributed by atoms with Gasteiger partial charge in [-0.3, -0.25) is 4.90 Å². The van der Waals surface area contributed by atoms with E-state index in [2.05, 4.69) is 19.8 Å². The van der Waals surface area contributed by atoms with Gasteiger partial charge in [0.1, 0.15) is 0 Å². The molecular weight excluding hydrogens is 266 g/mol. The first-order valence-electron chi connectivity index (χ1n) is 7.88. The number of unbranched alkanes of at least 4 members (excludes halogenated alkanes) is 1. The average molecular weight is 293 g/mol. The molecule has 0 spiro atoms. The van der Waals surface area contributed by atoms with Gasteiger partial charge in [0.2, 0.25) is 11.8 Å². The second-order valence-corrected chi connectivity index (χ2v) is 5.41. The van der Waals surface area contributed by atoms with Gasteiger partial charge in [0, 0.05) is 37.9 Å². The van der Waals surface area contributed by atoms with E-state index in [0.29, 0.717) is 12.5 Å². The number of hydrogen-bond acceptors (Lipinski definition) is 6. The van der Waals surface area contributed by atoms with Crippen LogP contribution < -0.4 is 15.4 Å².